The van der Waals surface area contributed by atoms with Gasteiger partial charge in [0.15, 0.2) is 12.6 Å². The summed E-state index contributed by atoms with van der Waals surface area (Å²) in [7, 11) is 3.24. The Labute approximate surface area is 130 Å². The number of hydrogen-bond acceptors (Lipinski definition) is 6. The van der Waals surface area contributed by atoms with Crippen molar-refractivity contribution >= 4 is 0 Å². The Morgan fingerprint density at radius 3 is 2.64 bits per heavy atom. The van der Waals surface area contributed by atoms with Crippen LogP contribution in [0.5, 0.6) is 0 Å². The number of benzene rings is 1. The van der Waals surface area contributed by atoms with Crippen LogP contribution >= 0.6 is 0 Å². The molecule has 2 aliphatic heterocycles. The lowest BCUT2D eigenvalue weighted by Crippen LogP contribution is -2.66. The summed E-state index contributed by atoms with van der Waals surface area (Å²) in [6.07, 6.45) is -0.485. The van der Waals surface area contributed by atoms with E-state index in [1.54, 1.807) is 14.2 Å². The van der Waals surface area contributed by atoms with Gasteiger partial charge in [0.05, 0.1) is 19.3 Å². The molecule has 0 radical (unpaired) electrons. The van der Waals surface area contributed by atoms with E-state index in [1.165, 1.54) is 0 Å². The van der Waals surface area contributed by atoms with E-state index in [0.29, 0.717) is 13.0 Å². The molecule has 2 fully saturated rings. The van der Waals surface area contributed by atoms with Crippen LogP contribution in [0.25, 0.3) is 0 Å². The van der Waals surface area contributed by atoms with Gasteiger partial charge >= 0.3 is 0 Å². The third kappa shape index (κ3) is 3.03. The van der Waals surface area contributed by atoms with Crippen molar-refractivity contribution in [3.05, 3.63) is 35.9 Å². The molecule has 3 rings (SSSR count). The van der Waals surface area contributed by atoms with Gasteiger partial charge in [-0.1, -0.05) is 30.3 Å². The largest absolute Gasteiger partial charge is 0.356 e. The molecule has 6 heteroatoms. The van der Waals surface area contributed by atoms with Crippen LogP contribution in [0.15, 0.2) is 30.3 Å². The Morgan fingerprint density at radius 2 is 1.95 bits per heavy atom. The number of methoxy groups -OCH3 is 1. The summed E-state index contributed by atoms with van der Waals surface area (Å²) in [5.41, 5.74) is 3.63. The molecule has 0 amide bonds. The zero-order chi connectivity index (χ0) is 15.6. The van der Waals surface area contributed by atoms with Crippen molar-refractivity contribution < 1.29 is 23.8 Å². The first-order chi connectivity index (χ1) is 10.7. The molecule has 2 aliphatic rings. The fraction of sp³-hybridized carbons (Fsp3) is 0.625. The molecule has 1 aromatic rings. The minimum Gasteiger partial charge on any atom is -0.356 e. The standard InChI is InChI=1S/C16H23NO5/c1-16(17-19-3)9-13(18-2)21-12-10-20-15(22-14(12)16)11-7-5-4-6-8-11/h4-8,12-15,17H,9-10H2,1-3H3/t12-,13+,14-,15-,16+/m1/s1. The molecule has 2 heterocycles. The normalized spacial score (nSPS) is 38.5. The molecule has 22 heavy (non-hydrogen) atoms. The van der Waals surface area contributed by atoms with Crippen LogP contribution < -0.4 is 5.48 Å². The molecule has 0 aliphatic carbocycles. The molecular formula is C16H23NO5. The zero-order valence-corrected chi connectivity index (χ0v) is 13.2. The molecule has 0 bridgehead atoms. The van der Waals surface area contributed by atoms with Gasteiger partial charge < -0.3 is 23.8 Å². The van der Waals surface area contributed by atoms with Gasteiger partial charge in [0.25, 0.3) is 0 Å². The quantitative estimate of drug-likeness (QED) is 0.856. The Morgan fingerprint density at radius 1 is 1.18 bits per heavy atom. The molecule has 6 nitrogen and oxygen atoms in total. The number of hydroxylamine groups is 1. The molecular weight excluding hydrogens is 286 g/mol. The molecule has 5 atom stereocenters. The lowest BCUT2D eigenvalue weighted by atomic mass is 9.85. The summed E-state index contributed by atoms with van der Waals surface area (Å²) in [5, 5.41) is 0. The average Bonchev–Trinajstić information content (AvgIpc) is 2.55. The highest BCUT2D eigenvalue weighted by Gasteiger charge is 2.51. The van der Waals surface area contributed by atoms with Crippen LogP contribution in [0.3, 0.4) is 0 Å². The second-order valence-electron chi connectivity index (χ2n) is 5.90. The van der Waals surface area contributed by atoms with Gasteiger partial charge in [-0.3, -0.25) is 0 Å². The van der Waals surface area contributed by atoms with Crippen molar-refractivity contribution in [2.75, 3.05) is 20.8 Å². The fourth-order valence-electron chi connectivity index (χ4n) is 3.16. The Bertz CT molecular complexity index is 485. The van der Waals surface area contributed by atoms with Gasteiger partial charge in [0.2, 0.25) is 0 Å². The lowest BCUT2D eigenvalue weighted by Gasteiger charge is -2.50. The number of nitrogens with one attached hydrogen (secondary N) is 1. The van der Waals surface area contributed by atoms with Crippen LogP contribution in [-0.2, 0) is 23.8 Å². The molecule has 122 valence electrons. The Hall–Kier alpha value is -1.02. The number of ether oxygens (including phenoxy) is 4. The SMILES string of the molecule is CON[C@@]1(C)C[C@@H](OC)O[C@@H]2CO[C@@H](c3ccccc3)O[C@H]21. The fourth-order valence-corrected chi connectivity index (χ4v) is 3.16. The van der Waals surface area contributed by atoms with Crippen LogP contribution in [0.2, 0.25) is 0 Å². The van der Waals surface area contributed by atoms with Crippen LogP contribution in [0.4, 0.5) is 0 Å². The Kier molecular flexibility index (Phi) is 4.77. The van der Waals surface area contributed by atoms with Crippen molar-refractivity contribution in [2.24, 2.45) is 0 Å². The maximum atomic E-state index is 6.19. The highest BCUT2D eigenvalue weighted by atomic mass is 16.7. The lowest BCUT2D eigenvalue weighted by molar-refractivity contribution is -0.340. The second kappa shape index (κ2) is 6.62. The summed E-state index contributed by atoms with van der Waals surface area (Å²) in [5.74, 6) is 0. The van der Waals surface area contributed by atoms with E-state index in [-0.39, 0.29) is 18.5 Å². The third-order valence-electron chi connectivity index (χ3n) is 4.23. The van der Waals surface area contributed by atoms with E-state index in [0.717, 1.165) is 5.56 Å². The number of fused-ring (bicyclic) bond motifs is 1. The number of rotatable bonds is 4. The topological polar surface area (TPSA) is 58.2 Å². The molecule has 1 aromatic carbocycles. The number of hydrogen-bond donors (Lipinski definition) is 1. The summed E-state index contributed by atoms with van der Waals surface area (Å²) < 4.78 is 23.3. The minimum absolute atomic E-state index is 0.196. The summed E-state index contributed by atoms with van der Waals surface area (Å²) in [6.45, 7) is 2.50. The molecule has 0 aromatic heterocycles. The minimum atomic E-state index is -0.421. The maximum absolute atomic E-state index is 6.19. The van der Waals surface area contributed by atoms with Crippen molar-refractivity contribution in [1.82, 2.24) is 5.48 Å². The Balaban J connectivity index is 1.80. The van der Waals surface area contributed by atoms with Crippen LogP contribution in [-0.4, -0.2) is 44.9 Å². The van der Waals surface area contributed by atoms with Gasteiger partial charge in [-0.2, -0.15) is 5.48 Å². The van der Waals surface area contributed by atoms with Crippen molar-refractivity contribution in [1.29, 1.82) is 0 Å². The average molecular weight is 309 g/mol. The maximum Gasteiger partial charge on any atom is 0.184 e. The first-order valence-corrected chi connectivity index (χ1v) is 7.46. The van der Waals surface area contributed by atoms with Gasteiger partial charge in [-0.25, -0.2) is 0 Å². The van der Waals surface area contributed by atoms with E-state index >= 15 is 0 Å². The molecule has 0 unspecified atom stereocenters. The predicted octanol–water partition coefficient (Wildman–Crippen LogP) is 1.77. The summed E-state index contributed by atoms with van der Waals surface area (Å²) in [4.78, 5) is 5.19. The second-order valence-corrected chi connectivity index (χ2v) is 5.90. The molecule has 2 saturated heterocycles. The smallest absolute Gasteiger partial charge is 0.184 e. The zero-order valence-electron chi connectivity index (χ0n) is 13.2. The van der Waals surface area contributed by atoms with E-state index in [9.17, 15) is 0 Å². The third-order valence-corrected chi connectivity index (χ3v) is 4.23. The van der Waals surface area contributed by atoms with Gasteiger partial charge in [0.1, 0.15) is 12.2 Å². The van der Waals surface area contributed by atoms with Gasteiger partial charge in [-0.15, -0.1) is 0 Å². The van der Waals surface area contributed by atoms with Crippen molar-refractivity contribution in [3.8, 4) is 0 Å². The monoisotopic (exact) mass is 309 g/mol. The molecule has 0 spiro atoms. The summed E-state index contributed by atoms with van der Waals surface area (Å²) >= 11 is 0. The van der Waals surface area contributed by atoms with Gasteiger partial charge in [-0.05, 0) is 6.92 Å². The first kappa shape index (κ1) is 15.9. The highest BCUT2D eigenvalue weighted by molar-refractivity contribution is 5.17. The van der Waals surface area contributed by atoms with E-state index < -0.39 is 11.8 Å². The first-order valence-electron chi connectivity index (χ1n) is 7.46. The van der Waals surface area contributed by atoms with E-state index in [1.807, 2.05) is 30.3 Å². The van der Waals surface area contributed by atoms with E-state index in [2.05, 4.69) is 12.4 Å². The predicted molar refractivity (Wildman–Crippen MR) is 78.8 cm³/mol. The van der Waals surface area contributed by atoms with E-state index in [4.69, 9.17) is 23.8 Å². The van der Waals surface area contributed by atoms with Crippen LogP contribution in [0.1, 0.15) is 25.2 Å². The highest BCUT2D eigenvalue weighted by Crippen LogP contribution is 2.38. The van der Waals surface area contributed by atoms with Crippen molar-refractivity contribution in [2.45, 2.75) is 43.7 Å². The van der Waals surface area contributed by atoms with Gasteiger partial charge in [0, 0.05) is 19.1 Å². The van der Waals surface area contributed by atoms with Crippen LogP contribution in [0, 0.1) is 0 Å². The summed E-state index contributed by atoms with van der Waals surface area (Å²) in [6, 6.07) is 9.90. The molecule has 1 N–H and O–H groups in total. The van der Waals surface area contributed by atoms with Crippen molar-refractivity contribution in [3.63, 3.8) is 0 Å². The molecule has 0 saturated carbocycles.